The van der Waals surface area contributed by atoms with Gasteiger partial charge in [0.15, 0.2) is 0 Å². The van der Waals surface area contributed by atoms with E-state index in [1.54, 1.807) is 24.3 Å². The standard InChI is InChI=1S/C28H33N3O7S2/c1-21-7-9-22(10-8-21)31(40(35,36)24-13-11-23(37-2)12-14-24)20-28(32)29-26-19-25(15-16-27(26)38-3)39(33,34)30-17-5-4-6-18-30/h7-16,19H,4-6,17-18,20H2,1-3H3,(H,29,32). The normalized spacial score (nSPS) is 14.4. The molecule has 3 aromatic rings. The topological polar surface area (TPSA) is 122 Å². The van der Waals surface area contributed by atoms with E-state index in [0.717, 1.165) is 29.1 Å². The van der Waals surface area contributed by atoms with Gasteiger partial charge in [-0.2, -0.15) is 4.31 Å². The number of carbonyl (C=O) groups excluding carboxylic acids is 1. The second-order valence-corrected chi connectivity index (χ2v) is 13.2. The Morgan fingerprint density at radius 2 is 1.48 bits per heavy atom. The summed E-state index contributed by atoms with van der Waals surface area (Å²) in [4.78, 5) is 13.3. The van der Waals surface area contributed by atoms with Crippen molar-refractivity contribution in [1.82, 2.24) is 4.31 Å². The van der Waals surface area contributed by atoms with Gasteiger partial charge in [-0.3, -0.25) is 9.10 Å². The van der Waals surface area contributed by atoms with Crippen LogP contribution in [0.3, 0.4) is 0 Å². The monoisotopic (exact) mass is 587 g/mol. The number of ether oxygens (including phenoxy) is 2. The molecule has 1 amide bonds. The largest absolute Gasteiger partial charge is 0.497 e. The highest BCUT2D eigenvalue weighted by Crippen LogP contribution is 2.31. The zero-order valence-electron chi connectivity index (χ0n) is 22.7. The van der Waals surface area contributed by atoms with Crippen molar-refractivity contribution in [2.24, 2.45) is 0 Å². The van der Waals surface area contributed by atoms with Gasteiger partial charge in [0.2, 0.25) is 15.9 Å². The van der Waals surface area contributed by atoms with Crippen LogP contribution in [0.1, 0.15) is 24.8 Å². The van der Waals surface area contributed by atoms with Gasteiger partial charge in [0.25, 0.3) is 10.0 Å². The smallest absolute Gasteiger partial charge is 0.264 e. The van der Waals surface area contributed by atoms with Crippen molar-refractivity contribution in [3.05, 3.63) is 72.3 Å². The Labute approximate surface area is 235 Å². The van der Waals surface area contributed by atoms with Gasteiger partial charge < -0.3 is 14.8 Å². The highest BCUT2D eigenvalue weighted by Gasteiger charge is 2.29. The van der Waals surface area contributed by atoms with Gasteiger partial charge in [0.05, 0.1) is 35.4 Å². The third kappa shape index (κ3) is 6.40. The Morgan fingerprint density at radius 1 is 0.850 bits per heavy atom. The van der Waals surface area contributed by atoms with E-state index < -0.39 is 32.5 Å². The molecular formula is C28H33N3O7S2. The molecular weight excluding hydrogens is 554 g/mol. The fourth-order valence-corrected chi connectivity index (χ4v) is 7.39. The van der Waals surface area contributed by atoms with Crippen LogP contribution in [0.2, 0.25) is 0 Å². The number of carbonyl (C=O) groups is 1. The number of nitrogens with zero attached hydrogens (tertiary/aromatic N) is 2. The minimum atomic E-state index is -4.16. The molecule has 10 nitrogen and oxygen atoms in total. The van der Waals surface area contributed by atoms with E-state index >= 15 is 0 Å². The molecule has 12 heteroatoms. The lowest BCUT2D eigenvalue weighted by molar-refractivity contribution is -0.114. The molecule has 0 radical (unpaired) electrons. The molecule has 3 aromatic carbocycles. The van der Waals surface area contributed by atoms with Crippen molar-refractivity contribution in [3.63, 3.8) is 0 Å². The Morgan fingerprint density at radius 3 is 2.08 bits per heavy atom. The summed E-state index contributed by atoms with van der Waals surface area (Å²) in [5.74, 6) is 0.0550. The van der Waals surface area contributed by atoms with E-state index in [4.69, 9.17) is 9.47 Å². The molecule has 0 atom stereocenters. The van der Waals surface area contributed by atoms with Crippen LogP contribution in [-0.4, -0.2) is 60.9 Å². The number of methoxy groups -OCH3 is 2. The zero-order valence-corrected chi connectivity index (χ0v) is 24.3. The summed E-state index contributed by atoms with van der Waals surface area (Å²) in [6.07, 6.45) is 2.56. The molecule has 214 valence electrons. The molecule has 1 aliphatic heterocycles. The van der Waals surface area contributed by atoms with Gasteiger partial charge in [-0.1, -0.05) is 24.1 Å². The van der Waals surface area contributed by atoms with Gasteiger partial charge in [0.1, 0.15) is 18.0 Å². The summed E-state index contributed by atoms with van der Waals surface area (Å²) in [6.45, 7) is 2.18. The van der Waals surface area contributed by atoms with Gasteiger partial charge in [-0.15, -0.1) is 0 Å². The van der Waals surface area contributed by atoms with Crippen LogP contribution in [0, 0.1) is 6.92 Å². The maximum absolute atomic E-state index is 13.7. The average Bonchev–Trinajstić information content (AvgIpc) is 2.97. The number of anilines is 2. The molecule has 1 N–H and O–H groups in total. The van der Waals surface area contributed by atoms with Crippen molar-refractivity contribution >= 4 is 37.3 Å². The zero-order chi connectivity index (χ0) is 28.9. The number of aryl methyl sites for hydroxylation is 1. The fourth-order valence-electron chi connectivity index (χ4n) is 4.42. The summed E-state index contributed by atoms with van der Waals surface area (Å²) in [5.41, 5.74) is 1.34. The lowest BCUT2D eigenvalue weighted by Crippen LogP contribution is -2.38. The van der Waals surface area contributed by atoms with Crippen LogP contribution in [0.4, 0.5) is 11.4 Å². The predicted molar refractivity (Wildman–Crippen MR) is 153 cm³/mol. The molecule has 40 heavy (non-hydrogen) atoms. The summed E-state index contributed by atoms with van der Waals surface area (Å²) in [6, 6.07) is 16.9. The summed E-state index contributed by atoms with van der Waals surface area (Å²) in [7, 11) is -5.05. The second-order valence-electron chi connectivity index (χ2n) is 9.40. The number of hydrogen-bond acceptors (Lipinski definition) is 7. The molecule has 1 aliphatic rings. The Kier molecular flexibility index (Phi) is 9.02. The van der Waals surface area contributed by atoms with E-state index in [9.17, 15) is 21.6 Å². The summed E-state index contributed by atoms with van der Waals surface area (Å²) in [5, 5.41) is 2.66. The minimum absolute atomic E-state index is 0.0196. The van der Waals surface area contributed by atoms with Crippen molar-refractivity contribution in [3.8, 4) is 11.5 Å². The number of hydrogen-bond donors (Lipinski definition) is 1. The average molecular weight is 588 g/mol. The van der Waals surface area contributed by atoms with E-state index in [1.165, 1.54) is 61.0 Å². The first-order valence-corrected chi connectivity index (χ1v) is 15.7. The van der Waals surface area contributed by atoms with E-state index in [-0.39, 0.29) is 21.2 Å². The number of piperidine rings is 1. The van der Waals surface area contributed by atoms with Crippen LogP contribution >= 0.6 is 0 Å². The molecule has 1 fully saturated rings. The van der Waals surface area contributed by atoms with Gasteiger partial charge >= 0.3 is 0 Å². The van der Waals surface area contributed by atoms with E-state index in [0.29, 0.717) is 24.5 Å². The molecule has 0 aromatic heterocycles. The third-order valence-corrected chi connectivity index (χ3v) is 10.3. The van der Waals surface area contributed by atoms with E-state index in [1.807, 2.05) is 6.92 Å². The van der Waals surface area contributed by atoms with Gasteiger partial charge in [0, 0.05) is 13.1 Å². The van der Waals surface area contributed by atoms with E-state index in [2.05, 4.69) is 5.32 Å². The number of nitrogens with one attached hydrogen (secondary N) is 1. The van der Waals surface area contributed by atoms with Gasteiger partial charge in [-0.05, 0) is 74.4 Å². The Balaban J connectivity index is 1.64. The predicted octanol–water partition coefficient (Wildman–Crippen LogP) is 4.02. The first-order chi connectivity index (χ1) is 19.1. The number of rotatable bonds is 10. The lowest BCUT2D eigenvalue weighted by atomic mass is 10.2. The lowest BCUT2D eigenvalue weighted by Gasteiger charge is -2.26. The summed E-state index contributed by atoms with van der Waals surface area (Å²) < 4.78 is 66.7. The first-order valence-electron chi connectivity index (χ1n) is 12.8. The molecule has 0 aliphatic carbocycles. The molecule has 1 heterocycles. The van der Waals surface area contributed by atoms with Crippen LogP contribution in [-0.2, 0) is 24.8 Å². The maximum atomic E-state index is 13.7. The molecule has 0 unspecified atom stereocenters. The second kappa shape index (κ2) is 12.3. The van der Waals surface area contributed by atoms with Crippen molar-refractivity contribution < 1.29 is 31.1 Å². The van der Waals surface area contributed by atoms with Crippen LogP contribution in [0.25, 0.3) is 0 Å². The number of sulfonamides is 2. The van der Waals surface area contributed by atoms with Gasteiger partial charge in [-0.25, -0.2) is 16.8 Å². The van der Waals surface area contributed by atoms with Crippen molar-refractivity contribution in [1.29, 1.82) is 0 Å². The molecule has 4 rings (SSSR count). The highest BCUT2D eigenvalue weighted by atomic mass is 32.2. The first kappa shape index (κ1) is 29.4. The van der Waals surface area contributed by atoms with Crippen LogP contribution in [0.15, 0.2) is 76.5 Å². The van der Waals surface area contributed by atoms with Crippen molar-refractivity contribution in [2.45, 2.75) is 36.0 Å². The molecule has 0 spiro atoms. The van der Waals surface area contributed by atoms with Crippen LogP contribution in [0.5, 0.6) is 11.5 Å². The Bertz CT molecular complexity index is 1550. The molecule has 0 saturated carbocycles. The van der Waals surface area contributed by atoms with Crippen LogP contribution < -0.4 is 19.1 Å². The third-order valence-electron chi connectivity index (χ3n) is 6.65. The van der Waals surface area contributed by atoms with Crippen molar-refractivity contribution in [2.75, 3.05) is 43.5 Å². The highest BCUT2D eigenvalue weighted by molar-refractivity contribution is 7.92. The minimum Gasteiger partial charge on any atom is -0.497 e. The SMILES string of the molecule is COc1ccc(S(=O)(=O)N(CC(=O)Nc2cc(S(=O)(=O)N3CCCCC3)ccc2OC)c2ccc(C)cc2)cc1. The number of benzene rings is 3. The number of amides is 1. The molecule has 0 bridgehead atoms. The fraction of sp³-hybridized carbons (Fsp3) is 0.321. The Hall–Kier alpha value is -3.61. The maximum Gasteiger partial charge on any atom is 0.264 e. The molecule has 1 saturated heterocycles. The summed E-state index contributed by atoms with van der Waals surface area (Å²) >= 11 is 0. The quantitative estimate of drug-likeness (QED) is 0.380.